The van der Waals surface area contributed by atoms with Crippen LogP contribution in [0.25, 0.3) is 0 Å². The van der Waals surface area contributed by atoms with Gasteiger partial charge in [0, 0.05) is 11.8 Å². The van der Waals surface area contributed by atoms with Crippen molar-refractivity contribution in [3.63, 3.8) is 0 Å². The second-order valence-corrected chi connectivity index (χ2v) is 3.51. The molecular weight excluding hydrogens is 222 g/mol. The Labute approximate surface area is 96.5 Å². The minimum Gasteiger partial charge on any atom is -0.454 e. The first kappa shape index (κ1) is 9.71. The molecule has 0 radical (unpaired) electrons. The molecule has 6 nitrogen and oxygen atoms in total. The zero-order valence-corrected chi connectivity index (χ0v) is 8.77. The van der Waals surface area contributed by atoms with Gasteiger partial charge in [-0.25, -0.2) is 0 Å². The van der Waals surface area contributed by atoms with Gasteiger partial charge in [0.25, 0.3) is 5.91 Å². The standard InChI is InChI=1S/C11H9N3O3/c15-11(14-8-4-12-13-5-8)7-1-2-9-10(3-7)17-6-16-9/h1-5H,6H2,(H,12,13)(H,14,15). The maximum absolute atomic E-state index is 11.9. The molecule has 3 rings (SSSR count). The van der Waals surface area contributed by atoms with Crippen molar-refractivity contribution in [1.29, 1.82) is 0 Å². The number of nitrogens with zero attached hydrogens (tertiary/aromatic N) is 1. The fourth-order valence-corrected chi connectivity index (χ4v) is 1.56. The van der Waals surface area contributed by atoms with E-state index in [0.717, 1.165) is 0 Å². The lowest BCUT2D eigenvalue weighted by molar-refractivity contribution is 0.102. The van der Waals surface area contributed by atoms with Crippen molar-refractivity contribution in [1.82, 2.24) is 10.2 Å². The zero-order chi connectivity index (χ0) is 11.7. The molecule has 86 valence electrons. The number of fused-ring (bicyclic) bond motifs is 1. The summed E-state index contributed by atoms with van der Waals surface area (Å²) in [5.74, 6) is 1.03. The fourth-order valence-electron chi connectivity index (χ4n) is 1.56. The van der Waals surface area contributed by atoms with E-state index in [1.807, 2.05) is 0 Å². The number of aromatic amines is 1. The van der Waals surface area contributed by atoms with Crippen molar-refractivity contribution in [2.45, 2.75) is 0 Å². The van der Waals surface area contributed by atoms with Crippen LogP contribution in [0.2, 0.25) is 0 Å². The predicted octanol–water partition coefficient (Wildman–Crippen LogP) is 1.39. The normalized spacial score (nSPS) is 12.5. The largest absolute Gasteiger partial charge is 0.454 e. The van der Waals surface area contributed by atoms with Crippen LogP contribution in [0, 0.1) is 0 Å². The van der Waals surface area contributed by atoms with Gasteiger partial charge in [-0.05, 0) is 18.2 Å². The summed E-state index contributed by atoms with van der Waals surface area (Å²) < 4.78 is 10.4. The van der Waals surface area contributed by atoms with Crippen molar-refractivity contribution >= 4 is 11.6 Å². The second kappa shape index (κ2) is 3.82. The van der Waals surface area contributed by atoms with Gasteiger partial charge >= 0.3 is 0 Å². The number of hydrogen-bond donors (Lipinski definition) is 2. The number of carbonyl (C=O) groups is 1. The molecule has 17 heavy (non-hydrogen) atoms. The lowest BCUT2D eigenvalue weighted by Crippen LogP contribution is -2.11. The smallest absolute Gasteiger partial charge is 0.255 e. The van der Waals surface area contributed by atoms with Gasteiger partial charge in [-0.2, -0.15) is 5.10 Å². The number of ether oxygens (including phenoxy) is 2. The molecule has 2 heterocycles. The van der Waals surface area contributed by atoms with Crippen LogP contribution in [0.1, 0.15) is 10.4 Å². The highest BCUT2D eigenvalue weighted by molar-refractivity contribution is 6.04. The third-order valence-electron chi connectivity index (χ3n) is 2.39. The van der Waals surface area contributed by atoms with E-state index in [2.05, 4.69) is 15.5 Å². The summed E-state index contributed by atoms with van der Waals surface area (Å²) in [6.07, 6.45) is 3.13. The van der Waals surface area contributed by atoms with E-state index in [1.165, 1.54) is 6.20 Å². The van der Waals surface area contributed by atoms with Gasteiger partial charge < -0.3 is 14.8 Å². The van der Waals surface area contributed by atoms with Crippen LogP contribution >= 0.6 is 0 Å². The summed E-state index contributed by atoms with van der Waals surface area (Å²) in [6.45, 7) is 0.197. The molecule has 0 unspecified atom stereocenters. The van der Waals surface area contributed by atoms with Gasteiger partial charge in [0.05, 0.1) is 11.9 Å². The van der Waals surface area contributed by atoms with Gasteiger partial charge in [-0.3, -0.25) is 9.89 Å². The Morgan fingerprint density at radius 1 is 1.35 bits per heavy atom. The number of H-pyrrole nitrogens is 1. The summed E-state index contributed by atoms with van der Waals surface area (Å²) >= 11 is 0. The van der Waals surface area contributed by atoms with E-state index in [9.17, 15) is 4.79 Å². The second-order valence-electron chi connectivity index (χ2n) is 3.51. The van der Waals surface area contributed by atoms with E-state index in [-0.39, 0.29) is 12.7 Å². The van der Waals surface area contributed by atoms with E-state index < -0.39 is 0 Å². The Balaban J connectivity index is 1.82. The topological polar surface area (TPSA) is 76.2 Å². The van der Waals surface area contributed by atoms with Crippen LogP contribution in [-0.2, 0) is 0 Å². The Bertz CT molecular complexity index is 551. The van der Waals surface area contributed by atoms with Crippen molar-refractivity contribution in [3.05, 3.63) is 36.2 Å². The third-order valence-corrected chi connectivity index (χ3v) is 2.39. The molecule has 1 amide bonds. The summed E-state index contributed by atoms with van der Waals surface area (Å²) in [5, 5.41) is 9.06. The van der Waals surface area contributed by atoms with Crippen molar-refractivity contribution in [2.75, 3.05) is 12.1 Å². The summed E-state index contributed by atoms with van der Waals surface area (Å²) in [5.41, 5.74) is 1.13. The first-order valence-corrected chi connectivity index (χ1v) is 5.03. The lowest BCUT2D eigenvalue weighted by atomic mass is 10.2. The Kier molecular flexibility index (Phi) is 2.18. The molecule has 2 aromatic rings. The maximum Gasteiger partial charge on any atom is 0.255 e. The minimum absolute atomic E-state index is 0.197. The Morgan fingerprint density at radius 3 is 3.06 bits per heavy atom. The molecule has 0 atom stereocenters. The molecular formula is C11H9N3O3. The van der Waals surface area contributed by atoms with Crippen LogP contribution in [0.4, 0.5) is 5.69 Å². The average Bonchev–Trinajstić information content (AvgIpc) is 2.97. The van der Waals surface area contributed by atoms with Gasteiger partial charge in [0.15, 0.2) is 11.5 Å². The van der Waals surface area contributed by atoms with Crippen LogP contribution in [0.15, 0.2) is 30.6 Å². The number of benzene rings is 1. The van der Waals surface area contributed by atoms with Gasteiger partial charge in [0.2, 0.25) is 6.79 Å². The number of amides is 1. The van der Waals surface area contributed by atoms with E-state index in [0.29, 0.717) is 22.7 Å². The van der Waals surface area contributed by atoms with E-state index in [4.69, 9.17) is 9.47 Å². The summed E-state index contributed by atoms with van der Waals surface area (Å²) in [4.78, 5) is 11.9. The monoisotopic (exact) mass is 231 g/mol. The lowest BCUT2D eigenvalue weighted by Gasteiger charge is -2.03. The van der Waals surface area contributed by atoms with Crippen molar-refractivity contribution < 1.29 is 14.3 Å². The molecule has 1 aliphatic rings. The maximum atomic E-state index is 11.9. The molecule has 0 saturated heterocycles. The Hall–Kier alpha value is -2.50. The number of rotatable bonds is 2. The molecule has 0 aliphatic carbocycles. The molecule has 1 aliphatic heterocycles. The highest BCUT2D eigenvalue weighted by Crippen LogP contribution is 2.32. The van der Waals surface area contributed by atoms with Gasteiger partial charge in [-0.1, -0.05) is 0 Å². The number of hydrogen-bond acceptors (Lipinski definition) is 4. The van der Waals surface area contributed by atoms with Gasteiger partial charge in [0.1, 0.15) is 0 Å². The number of carbonyl (C=O) groups excluding carboxylic acids is 1. The minimum atomic E-state index is -0.218. The van der Waals surface area contributed by atoms with Crippen LogP contribution in [0.5, 0.6) is 11.5 Å². The van der Waals surface area contributed by atoms with Crippen molar-refractivity contribution in [2.24, 2.45) is 0 Å². The van der Waals surface area contributed by atoms with Crippen molar-refractivity contribution in [3.8, 4) is 11.5 Å². The molecule has 6 heteroatoms. The summed E-state index contributed by atoms with van der Waals surface area (Å²) in [7, 11) is 0. The molecule has 2 N–H and O–H groups in total. The van der Waals surface area contributed by atoms with Gasteiger partial charge in [-0.15, -0.1) is 0 Å². The SMILES string of the molecule is O=C(Nc1cn[nH]c1)c1ccc2c(c1)OCO2. The first-order chi connectivity index (χ1) is 8.33. The fraction of sp³-hybridized carbons (Fsp3) is 0.0909. The molecule has 0 bridgehead atoms. The Morgan fingerprint density at radius 2 is 2.24 bits per heavy atom. The highest BCUT2D eigenvalue weighted by atomic mass is 16.7. The predicted molar refractivity (Wildman–Crippen MR) is 59.1 cm³/mol. The average molecular weight is 231 g/mol. The number of nitrogens with one attached hydrogen (secondary N) is 2. The van der Waals surface area contributed by atoms with Crippen LogP contribution in [-0.4, -0.2) is 22.9 Å². The molecule has 0 fully saturated rings. The molecule has 1 aromatic heterocycles. The van der Waals surface area contributed by atoms with Crippen LogP contribution < -0.4 is 14.8 Å². The van der Waals surface area contributed by atoms with Crippen LogP contribution in [0.3, 0.4) is 0 Å². The third kappa shape index (κ3) is 1.80. The molecule has 0 spiro atoms. The molecule has 1 aromatic carbocycles. The molecule has 0 saturated carbocycles. The first-order valence-electron chi connectivity index (χ1n) is 5.03. The summed E-state index contributed by atoms with van der Waals surface area (Å²) in [6, 6.07) is 5.05. The van der Waals surface area contributed by atoms with E-state index >= 15 is 0 Å². The van der Waals surface area contributed by atoms with E-state index in [1.54, 1.807) is 24.4 Å². The quantitative estimate of drug-likeness (QED) is 0.818. The number of anilines is 1. The number of aromatic nitrogens is 2. The zero-order valence-electron chi connectivity index (χ0n) is 8.77. The highest BCUT2D eigenvalue weighted by Gasteiger charge is 2.16.